The van der Waals surface area contributed by atoms with E-state index in [2.05, 4.69) is 42.4 Å². The van der Waals surface area contributed by atoms with Gasteiger partial charge in [-0.1, -0.05) is 43.6 Å². The Morgan fingerprint density at radius 2 is 1.82 bits per heavy atom. The van der Waals surface area contributed by atoms with Crippen LogP contribution < -0.4 is 10.6 Å². The minimum atomic E-state index is -0.144. The Hall–Kier alpha value is -0.570. The monoisotopic (exact) mass is 522 g/mol. The molecule has 0 radical (unpaired) electrons. The Morgan fingerprint density at radius 1 is 1.18 bits per heavy atom. The molecule has 160 valence electrons. The Morgan fingerprint density at radius 3 is 2.39 bits per heavy atom. The van der Waals surface area contributed by atoms with Gasteiger partial charge in [0.25, 0.3) is 0 Å². The van der Waals surface area contributed by atoms with E-state index in [1.807, 2.05) is 18.2 Å². The number of hydrogen-bond donors (Lipinski definition) is 3. The predicted octanol–water partition coefficient (Wildman–Crippen LogP) is 4.20. The molecule has 1 saturated carbocycles. The smallest absolute Gasteiger partial charge is 0.191 e. The molecule has 0 bridgehead atoms. The fraction of sp³-hybridized carbons (Fsp3) is 0.667. The van der Waals surface area contributed by atoms with Crippen molar-refractivity contribution < 1.29 is 5.11 Å². The van der Waals surface area contributed by atoms with Gasteiger partial charge in [0.05, 0.1) is 18.7 Å². The number of aliphatic hydroxyl groups excluding tert-OH is 1. The van der Waals surface area contributed by atoms with Crippen LogP contribution >= 0.6 is 35.6 Å². The molecule has 28 heavy (non-hydrogen) atoms. The molecule has 1 fully saturated rings. The van der Waals surface area contributed by atoms with Crippen LogP contribution in [-0.4, -0.2) is 54.3 Å². The summed E-state index contributed by atoms with van der Waals surface area (Å²) in [4.78, 5) is 7.29. The summed E-state index contributed by atoms with van der Waals surface area (Å²) >= 11 is 6.49. The second-order valence-electron chi connectivity index (χ2n) is 7.13. The van der Waals surface area contributed by atoms with Crippen LogP contribution in [0.25, 0.3) is 0 Å². The van der Waals surface area contributed by atoms with Crippen LogP contribution in [0.15, 0.2) is 29.3 Å². The van der Waals surface area contributed by atoms with Crippen molar-refractivity contribution in [3.8, 4) is 0 Å². The number of nitrogens with one attached hydrogen (secondary N) is 2. The Bertz CT molecular complexity index is 590. The van der Waals surface area contributed by atoms with Gasteiger partial charge in [-0.3, -0.25) is 9.89 Å². The van der Waals surface area contributed by atoms with Crippen LogP contribution in [0.2, 0.25) is 5.02 Å². The van der Waals surface area contributed by atoms with Crippen LogP contribution in [0.5, 0.6) is 0 Å². The van der Waals surface area contributed by atoms with Gasteiger partial charge >= 0.3 is 0 Å². The largest absolute Gasteiger partial charge is 0.393 e. The van der Waals surface area contributed by atoms with Gasteiger partial charge in [0.1, 0.15) is 0 Å². The summed E-state index contributed by atoms with van der Waals surface area (Å²) in [7, 11) is 0. The van der Waals surface area contributed by atoms with Crippen LogP contribution in [-0.2, 0) is 0 Å². The van der Waals surface area contributed by atoms with E-state index in [1.54, 1.807) is 0 Å². The molecule has 0 heterocycles. The summed E-state index contributed by atoms with van der Waals surface area (Å²) in [6, 6.07) is 8.59. The number of likely N-dealkylation sites (N-methyl/N-ethyl adjacent to an activating group) is 1. The van der Waals surface area contributed by atoms with E-state index >= 15 is 0 Å². The fourth-order valence-electron chi connectivity index (χ4n) is 3.73. The number of aliphatic hydroxyl groups is 1. The number of halogens is 2. The van der Waals surface area contributed by atoms with E-state index in [9.17, 15) is 5.11 Å². The highest BCUT2D eigenvalue weighted by atomic mass is 127. The molecule has 0 saturated heterocycles. The van der Waals surface area contributed by atoms with Gasteiger partial charge in [-0.25, -0.2) is 0 Å². The van der Waals surface area contributed by atoms with Gasteiger partial charge < -0.3 is 15.7 Å². The van der Waals surface area contributed by atoms with Gasteiger partial charge in [-0.15, -0.1) is 24.0 Å². The SMILES string of the molecule is CCNC(=NCC(c1ccccc1Cl)N(CC)CC)NC1CCC(O)CC1.I. The first kappa shape index (κ1) is 25.5. The third kappa shape index (κ3) is 7.69. The molecule has 3 N–H and O–H groups in total. The molecule has 0 aliphatic heterocycles. The molecule has 1 aromatic carbocycles. The third-order valence-corrected chi connectivity index (χ3v) is 5.67. The maximum absolute atomic E-state index is 9.72. The second kappa shape index (κ2) is 13.6. The van der Waals surface area contributed by atoms with Crippen molar-refractivity contribution in [1.29, 1.82) is 0 Å². The van der Waals surface area contributed by atoms with Crippen LogP contribution in [0, 0.1) is 0 Å². The molecule has 2 rings (SSSR count). The molecule has 5 nitrogen and oxygen atoms in total. The van der Waals surface area contributed by atoms with Gasteiger partial charge in [-0.2, -0.15) is 0 Å². The lowest BCUT2D eigenvalue weighted by molar-refractivity contribution is 0.120. The summed E-state index contributed by atoms with van der Waals surface area (Å²) in [5, 5.41) is 17.4. The Balaban J connectivity index is 0.00000392. The zero-order valence-corrected chi connectivity index (χ0v) is 20.4. The number of guanidine groups is 1. The number of benzene rings is 1. The van der Waals surface area contributed by atoms with E-state index in [1.165, 1.54) is 0 Å². The molecule has 1 atom stereocenters. The molecule has 1 aliphatic rings. The fourth-order valence-corrected chi connectivity index (χ4v) is 3.99. The minimum absolute atomic E-state index is 0. The van der Waals surface area contributed by atoms with Gasteiger partial charge in [0, 0.05) is 17.6 Å². The normalized spacial score (nSPS) is 21.1. The minimum Gasteiger partial charge on any atom is -0.393 e. The molecule has 1 aliphatic carbocycles. The maximum Gasteiger partial charge on any atom is 0.191 e. The summed E-state index contributed by atoms with van der Waals surface area (Å²) in [5.74, 6) is 0.850. The molecule has 0 spiro atoms. The average Bonchev–Trinajstić information content (AvgIpc) is 2.67. The molecule has 1 aromatic rings. The van der Waals surface area contributed by atoms with Crippen molar-refractivity contribution in [3.05, 3.63) is 34.9 Å². The summed E-state index contributed by atoms with van der Waals surface area (Å²) in [5.41, 5.74) is 1.13. The highest BCUT2D eigenvalue weighted by Gasteiger charge is 2.22. The standard InChI is InChI=1S/C21H35ClN4O.HI/c1-4-23-21(25-16-11-13-17(27)14-12-16)24-15-20(26(5-2)6-3)18-9-7-8-10-19(18)22;/h7-10,16-17,20,27H,4-6,11-15H2,1-3H3,(H2,23,24,25);1H. The maximum atomic E-state index is 9.72. The number of aliphatic imine (C=N–C) groups is 1. The summed E-state index contributed by atoms with van der Waals surface area (Å²) in [6.07, 6.45) is 3.54. The second-order valence-corrected chi connectivity index (χ2v) is 7.54. The Kier molecular flexibility index (Phi) is 12.4. The van der Waals surface area contributed by atoms with E-state index in [-0.39, 0.29) is 36.1 Å². The highest BCUT2D eigenvalue weighted by molar-refractivity contribution is 14.0. The molecule has 7 heteroatoms. The molecular formula is C21H36ClIN4O. The van der Waals surface area contributed by atoms with Crippen molar-refractivity contribution in [2.45, 2.75) is 64.6 Å². The first-order valence-electron chi connectivity index (χ1n) is 10.3. The van der Waals surface area contributed by atoms with E-state index in [0.29, 0.717) is 12.6 Å². The first-order valence-corrected chi connectivity index (χ1v) is 10.7. The van der Waals surface area contributed by atoms with Crippen molar-refractivity contribution in [2.75, 3.05) is 26.2 Å². The predicted molar refractivity (Wildman–Crippen MR) is 130 cm³/mol. The van der Waals surface area contributed by atoms with E-state index in [4.69, 9.17) is 16.6 Å². The van der Waals surface area contributed by atoms with Crippen LogP contribution in [0.1, 0.15) is 58.1 Å². The molecule has 0 amide bonds. The van der Waals surface area contributed by atoms with Crippen molar-refractivity contribution in [2.24, 2.45) is 4.99 Å². The highest BCUT2D eigenvalue weighted by Crippen LogP contribution is 2.27. The van der Waals surface area contributed by atoms with Gasteiger partial charge in [0.15, 0.2) is 5.96 Å². The first-order chi connectivity index (χ1) is 13.1. The number of hydrogen-bond acceptors (Lipinski definition) is 3. The van der Waals surface area contributed by atoms with E-state index < -0.39 is 0 Å². The lowest BCUT2D eigenvalue weighted by atomic mass is 9.93. The number of rotatable bonds is 8. The lowest BCUT2D eigenvalue weighted by Crippen LogP contribution is -2.45. The molecular weight excluding hydrogens is 487 g/mol. The quantitative estimate of drug-likeness (QED) is 0.272. The lowest BCUT2D eigenvalue weighted by Gasteiger charge is -2.30. The van der Waals surface area contributed by atoms with Gasteiger partial charge in [-0.05, 0) is 57.3 Å². The third-order valence-electron chi connectivity index (χ3n) is 5.32. The van der Waals surface area contributed by atoms with Crippen molar-refractivity contribution >= 4 is 41.5 Å². The number of nitrogens with zero attached hydrogens (tertiary/aromatic N) is 2. The van der Waals surface area contributed by atoms with Crippen LogP contribution in [0.4, 0.5) is 0 Å². The molecule has 0 aromatic heterocycles. The summed E-state index contributed by atoms with van der Waals surface area (Å²) in [6.45, 7) is 9.80. The zero-order chi connectivity index (χ0) is 19.6. The zero-order valence-electron chi connectivity index (χ0n) is 17.3. The average molecular weight is 523 g/mol. The Labute approximate surface area is 192 Å². The van der Waals surface area contributed by atoms with E-state index in [0.717, 1.165) is 61.9 Å². The topological polar surface area (TPSA) is 59.9 Å². The molecule has 1 unspecified atom stereocenters. The van der Waals surface area contributed by atoms with Crippen LogP contribution in [0.3, 0.4) is 0 Å². The van der Waals surface area contributed by atoms with Gasteiger partial charge in [0.2, 0.25) is 0 Å². The van der Waals surface area contributed by atoms with Crippen molar-refractivity contribution in [1.82, 2.24) is 15.5 Å². The van der Waals surface area contributed by atoms with Crippen molar-refractivity contribution in [3.63, 3.8) is 0 Å². The summed E-state index contributed by atoms with van der Waals surface area (Å²) < 4.78 is 0.